The molecular weight excluding hydrogens is 290 g/mol. The molecule has 0 aliphatic carbocycles. The maximum atomic E-state index is 12.2. The average molecular weight is 311 g/mol. The van der Waals surface area contributed by atoms with Crippen LogP contribution in [-0.2, 0) is 21.1 Å². The van der Waals surface area contributed by atoms with Crippen molar-refractivity contribution in [3.8, 4) is 5.75 Å². The van der Waals surface area contributed by atoms with Crippen LogP contribution in [0.3, 0.4) is 0 Å². The molecule has 1 amide bonds. The van der Waals surface area contributed by atoms with Gasteiger partial charge in [-0.1, -0.05) is 6.07 Å². The molecular formula is C15H21NO4S. The molecule has 6 heteroatoms. The fourth-order valence-corrected chi connectivity index (χ4v) is 3.24. The largest absolute Gasteiger partial charge is 0.497 e. The van der Waals surface area contributed by atoms with E-state index in [0.29, 0.717) is 6.54 Å². The van der Waals surface area contributed by atoms with Crippen LogP contribution in [-0.4, -0.2) is 44.9 Å². The van der Waals surface area contributed by atoms with Gasteiger partial charge in [0.15, 0.2) is 0 Å². The Hall–Kier alpha value is -1.56. The van der Waals surface area contributed by atoms with E-state index in [-0.39, 0.29) is 24.1 Å². The predicted molar refractivity (Wildman–Crippen MR) is 81.2 cm³/mol. The summed E-state index contributed by atoms with van der Waals surface area (Å²) >= 11 is 0. The Morgan fingerprint density at radius 2 is 2.14 bits per heavy atom. The zero-order valence-corrected chi connectivity index (χ0v) is 13.4. The van der Waals surface area contributed by atoms with Gasteiger partial charge >= 0.3 is 0 Å². The molecule has 1 aliphatic rings. The summed E-state index contributed by atoms with van der Waals surface area (Å²) in [5.74, 6) is 0.622. The summed E-state index contributed by atoms with van der Waals surface area (Å²) in [6.07, 6.45) is 1.97. The zero-order chi connectivity index (χ0) is 15.6. The van der Waals surface area contributed by atoms with Gasteiger partial charge in [0, 0.05) is 19.2 Å². The topological polar surface area (TPSA) is 63.7 Å². The molecule has 116 valence electrons. The van der Waals surface area contributed by atoms with Crippen molar-refractivity contribution < 1.29 is 17.9 Å². The van der Waals surface area contributed by atoms with Gasteiger partial charge in [0.25, 0.3) is 0 Å². The molecule has 1 aromatic rings. The number of methoxy groups -OCH3 is 1. The number of benzene rings is 1. The lowest BCUT2D eigenvalue weighted by atomic mass is 9.93. The molecule has 0 saturated heterocycles. The third kappa shape index (κ3) is 3.75. The molecule has 0 aromatic heterocycles. The predicted octanol–water partition coefficient (Wildman–Crippen LogP) is 1.58. The van der Waals surface area contributed by atoms with E-state index in [0.717, 1.165) is 24.0 Å². The number of sulfone groups is 1. The Kier molecular flexibility index (Phi) is 4.56. The van der Waals surface area contributed by atoms with Crippen LogP contribution < -0.4 is 4.74 Å². The smallest absolute Gasteiger partial charge is 0.224 e. The lowest BCUT2D eigenvalue weighted by molar-refractivity contribution is -0.133. The lowest BCUT2D eigenvalue weighted by Gasteiger charge is -2.35. The third-order valence-electron chi connectivity index (χ3n) is 3.90. The fraction of sp³-hybridized carbons (Fsp3) is 0.533. The van der Waals surface area contributed by atoms with Gasteiger partial charge in [-0.25, -0.2) is 8.42 Å². The highest BCUT2D eigenvalue weighted by Crippen LogP contribution is 2.32. The monoisotopic (exact) mass is 311 g/mol. The number of rotatable bonds is 4. The van der Waals surface area contributed by atoms with Crippen LogP contribution in [0.2, 0.25) is 0 Å². The average Bonchev–Trinajstić information content (AvgIpc) is 2.44. The maximum Gasteiger partial charge on any atom is 0.224 e. The molecule has 1 aliphatic heterocycles. The second kappa shape index (κ2) is 6.05. The highest BCUT2D eigenvalue weighted by molar-refractivity contribution is 7.90. The highest BCUT2D eigenvalue weighted by atomic mass is 32.2. The van der Waals surface area contributed by atoms with Crippen LogP contribution in [0.1, 0.15) is 30.5 Å². The number of carbonyl (C=O) groups excluding carboxylic acids is 1. The number of hydrogen-bond donors (Lipinski definition) is 0. The molecule has 5 nitrogen and oxygen atoms in total. The van der Waals surface area contributed by atoms with E-state index >= 15 is 0 Å². The van der Waals surface area contributed by atoms with E-state index in [9.17, 15) is 13.2 Å². The van der Waals surface area contributed by atoms with Gasteiger partial charge in [0.1, 0.15) is 15.6 Å². The van der Waals surface area contributed by atoms with Crippen LogP contribution in [0.4, 0.5) is 0 Å². The summed E-state index contributed by atoms with van der Waals surface area (Å²) in [6, 6.07) is 5.84. The summed E-state index contributed by atoms with van der Waals surface area (Å²) < 4.78 is 27.6. The minimum absolute atomic E-state index is 0.0354. The summed E-state index contributed by atoms with van der Waals surface area (Å²) in [5, 5.41) is 0. The van der Waals surface area contributed by atoms with Gasteiger partial charge in [-0.05, 0) is 36.6 Å². The second-order valence-electron chi connectivity index (χ2n) is 5.46. The molecule has 0 saturated carbocycles. The number of hydrogen-bond acceptors (Lipinski definition) is 4. The van der Waals surface area contributed by atoms with Gasteiger partial charge in [-0.2, -0.15) is 0 Å². The molecule has 1 unspecified atom stereocenters. The molecule has 0 fully saturated rings. The van der Waals surface area contributed by atoms with Gasteiger partial charge < -0.3 is 9.64 Å². The second-order valence-corrected chi connectivity index (χ2v) is 7.72. The van der Waals surface area contributed by atoms with Crippen LogP contribution >= 0.6 is 0 Å². The Morgan fingerprint density at radius 1 is 1.43 bits per heavy atom. The molecule has 1 atom stereocenters. The molecule has 21 heavy (non-hydrogen) atoms. The number of fused-ring (bicyclic) bond motifs is 1. The first-order valence-electron chi connectivity index (χ1n) is 6.96. The minimum atomic E-state index is -3.11. The number of carbonyl (C=O) groups is 1. The molecule has 0 radical (unpaired) electrons. The van der Waals surface area contributed by atoms with E-state index in [2.05, 4.69) is 0 Å². The van der Waals surface area contributed by atoms with Crippen LogP contribution in [0, 0.1) is 0 Å². The van der Waals surface area contributed by atoms with Crippen LogP contribution in [0.5, 0.6) is 5.75 Å². The van der Waals surface area contributed by atoms with Crippen molar-refractivity contribution >= 4 is 15.7 Å². The molecule has 1 aromatic carbocycles. The number of nitrogens with zero attached hydrogens (tertiary/aromatic N) is 1. The Labute approximate surface area is 125 Å². The summed E-state index contributed by atoms with van der Waals surface area (Å²) in [6.45, 7) is 2.59. The third-order valence-corrected chi connectivity index (χ3v) is 4.84. The van der Waals surface area contributed by atoms with E-state index in [1.807, 2.05) is 25.1 Å². The SMILES string of the molecule is COc1ccc2c(c1)CCN(C(=O)CCS(C)(=O)=O)C2C. The van der Waals surface area contributed by atoms with Crippen molar-refractivity contribution in [2.45, 2.75) is 25.8 Å². The zero-order valence-electron chi connectivity index (χ0n) is 12.6. The Morgan fingerprint density at radius 3 is 2.76 bits per heavy atom. The van der Waals surface area contributed by atoms with Gasteiger partial charge in [-0.3, -0.25) is 4.79 Å². The minimum Gasteiger partial charge on any atom is -0.497 e. The molecule has 0 bridgehead atoms. The summed E-state index contributed by atoms with van der Waals surface area (Å²) in [5.41, 5.74) is 2.30. The van der Waals surface area contributed by atoms with Crippen molar-refractivity contribution in [2.24, 2.45) is 0 Å². The van der Waals surface area contributed by atoms with Crippen molar-refractivity contribution in [3.63, 3.8) is 0 Å². The first kappa shape index (κ1) is 15.8. The molecule has 1 heterocycles. The first-order valence-corrected chi connectivity index (χ1v) is 9.02. The molecule has 2 rings (SSSR count). The van der Waals surface area contributed by atoms with Gasteiger partial charge in [0.2, 0.25) is 5.91 Å². The van der Waals surface area contributed by atoms with E-state index < -0.39 is 9.84 Å². The maximum absolute atomic E-state index is 12.2. The summed E-state index contributed by atoms with van der Waals surface area (Å²) in [4.78, 5) is 14.0. The van der Waals surface area contributed by atoms with Crippen molar-refractivity contribution in [2.75, 3.05) is 25.7 Å². The van der Waals surface area contributed by atoms with Gasteiger partial charge in [-0.15, -0.1) is 0 Å². The van der Waals surface area contributed by atoms with Gasteiger partial charge in [0.05, 0.1) is 18.9 Å². The molecule has 0 spiro atoms. The van der Waals surface area contributed by atoms with E-state index in [4.69, 9.17) is 4.74 Å². The normalized spacial score (nSPS) is 18.2. The first-order chi connectivity index (χ1) is 9.81. The standard InChI is InChI=1S/C15H21NO4S/c1-11-14-5-4-13(20-2)10-12(14)6-8-16(11)15(17)7-9-21(3,18)19/h4-5,10-11H,6-9H2,1-3H3. The van der Waals surface area contributed by atoms with Crippen LogP contribution in [0.15, 0.2) is 18.2 Å². The Bertz CT molecular complexity index is 639. The number of amides is 1. The van der Waals surface area contributed by atoms with Crippen molar-refractivity contribution in [1.82, 2.24) is 4.90 Å². The quantitative estimate of drug-likeness (QED) is 0.847. The van der Waals surface area contributed by atoms with E-state index in [1.165, 1.54) is 5.56 Å². The van der Waals surface area contributed by atoms with E-state index in [1.54, 1.807) is 12.0 Å². The highest BCUT2D eigenvalue weighted by Gasteiger charge is 2.27. The fourth-order valence-electron chi connectivity index (χ4n) is 2.69. The van der Waals surface area contributed by atoms with Crippen LogP contribution in [0.25, 0.3) is 0 Å². The van der Waals surface area contributed by atoms with Crippen molar-refractivity contribution in [3.05, 3.63) is 29.3 Å². The number of ether oxygens (including phenoxy) is 1. The lowest BCUT2D eigenvalue weighted by Crippen LogP contribution is -2.39. The van der Waals surface area contributed by atoms with Crippen molar-refractivity contribution in [1.29, 1.82) is 0 Å². The molecule has 0 N–H and O–H groups in total. The summed E-state index contributed by atoms with van der Waals surface area (Å²) in [7, 11) is -1.47. The Balaban J connectivity index is 2.13.